The molecule has 0 saturated heterocycles. The number of rotatable bonds is 12. The summed E-state index contributed by atoms with van der Waals surface area (Å²) in [5.74, 6) is 2.67. The van der Waals surface area contributed by atoms with Crippen LogP contribution in [0.5, 0.6) is 0 Å². The molecule has 0 radical (unpaired) electrons. The van der Waals surface area contributed by atoms with E-state index in [0.717, 1.165) is 122 Å². The van der Waals surface area contributed by atoms with Gasteiger partial charge in [0.05, 0.1) is 35.6 Å². The first-order valence-electron chi connectivity index (χ1n) is 42.4. The fourth-order valence-corrected chi connectivity index (χ4v) is 19.7. The molecule has 9 heteroatoms. The summed E-state index contributed by atoms with van der Waals surface area (Å²) in [6, 6.07) is 144. The van der Waals surface area contributed by atoms with Crippen LogP contribution in [0.4, 0.5) is 11.4 Å². The first kappa shape index (κ1) is 71.5. The van der Waals surface area contributed by atoms with Gasteiger partial charge in [0, 0.05) is 77.3 Å². The van der Waals surface area contributed by atoms with E-state index in [9.17, 15) is 0 Å². The van der Waals surface area contributed by atoms with Crippen LogP contribution < -0.4 is 0 Å². The standard InChI is InChI=1S/C59H34N4.C58H33N5/c1-60-49-32-45-26-25-44-29-47(33-53-57(44)58(45)54(34-49)63(53)50-15-9-4-10-16-50)37-19-17-36(18-20-37)46-27-40-21-23-42-30-48(31-43-24-22-41(28-46)55(40)56(42)43)59-61-51(38-11-5-2-6-12-38)35-52(62-59)39-13-7-3-8-14-39;1-59-48-32-44-26-25-43-29-46(33-50-54(43)55(44)51(34-48)63(50)49-15-9-4-10-16-49)36-19-17-35(18-20-36)45-27-39-21-23-41-30-47(31-42-24-22-40(28-45)52(39)53(41)42)58-61-56(37-11-5-2-6-12-37)60-57(62-58)38-13-7-3-8-14-38/h2-35H;2-34H. The monoisotopic (exact) mass is 1600 g/mol. The lowest BCUT2D eigenvalue weighted by Gasteiger charge is -2.15. The molecule has 0 aliphatic carbocycles. The van der Waals surface area contributed by atoms with Crippen LogP contribution in [0.1, 0.15) is 0 Å². The summed E-state index contributed by atoms with van der Waals surface area (Å²) >= 11 is 0. The van der Waals surface area contributed by atoms with Gasteiger partial charge in [0.2, 0.25) is 0 Å². The SMILES string of the molecule is [C-]#[N+]c1cc2ccc3cc(-c4ccc(-c5cc6ccc7cc(-c8nc(-c9ccccc9)cc(-c9ccccc9)n8)cc8ccc(c5)c6c78)cc4)cc4c3c2c(c1)n4-c1ccccc1.[C-]#[N+]c1cc2ccc3cc(-c4ccc(-c5cc6ccc7cc(-c8nc(-c9ccccc9)nc(-c9ccccc9)n8)cc8ccc(c5)c6c78)cc4)cc4c3c2c(c1)n4-c1ccccc1. The molecule has 0 saturated carbocycles. The van der Waals surface area contributed by atoms with Gasteiger partial charge >= 0.3 is 0 Å². The minimum atomic E-state index is 0.647. The molecule has 0 unspecified atom stereocenters. The quantitative estimate of drug-likeness (QED) is 0.0899. The molecule has 26 rings (SSSR count). The molecule has 0 aliphatic heterocycles. The normalized spacial score (nSPS) is 11.8. The van der Waals surface area contributed by atoms with Crippen molar-refractivity contribution in [1.29, 1.82) is 0 Å². The lowest BCUT2D eigenvalue weighted by molar-refractivity contribution is 1.07. The zero-order valence-corrected chi connectivity index (χ0v) is 67.7. The molecule has 4 heterocycles. The van der Waals surface area contributed by atoms with Crippen molar-refractivity contribution in [2.75, 3.05) is 0 Å². The summed E-state index contributed by atoms with van der Waals surface area (Å²) in [4.78, 5) is 32.9. The van der Waals surface area contributed by atoms with Gasteiger partial charge < -0.3 is 9.13 Å². The third-order valence-corrected chi connectivity index (χ3v) is 25.4. The molecular weight excluding hydrogens is 1530 g/mol. The highest BCUT2D eigenvalue weighted by molar-refractivity contribution is 6.29. The molecule has 4 aromatic heterocycles. The maximum Gasteiger partial charge on any atom is 0.189 e. The van der Waals surface area contributed by atoms with E-state index in [2.05, 4.69) is 316 Å². The molecule has 26 aromatic rings. The lowest BCUT2D eigenvalue weighted by atomic mass is 9.90. The van der Waals surface area contributed by atoms with E-state index in [1.807, 2.05) is 109 Å². The van der Waals surface area contributed by atoms with Gasteiger partial charge in [0.25, 0.3) is 0 Å². The van der Waals surface area contributed by atoms with E-state index in [0.29, 0.717) is 34.7 Å². The third kappa shape index (κ3) is 11.9. The highest BCUT2D eigenvalue weighted by Gasteiger charge is 2.25. The average molecular weight is 1600 g/mol. The Labute approximate surface area is 723 Å². The zero-order valence-electron chi connectivity index (χ0n) is 67.7. The fraction of sp³-hybridized carbons (Fsp3) is 0. The van der Waals surface area contributed by atoms with Crippen molar-refractivity contribution in [1.82, 2.24) is 34.1 Å². The van der Waals surface area contributed by atoms with Crippen molar-refractivity contribution in [3.63, 3.8) is 0 Å². The summed E-state index contributed by atoms with van der Waals surface area (Å²) in [5, 5.41) is 24.0. The van der Waals surface area contributed by atoms with Crippen molar-refractivity contribution in [2.45, 2.75) is 0 Å². The van der Waals surface area contributed by atoms with E-state index in [1.165, 1.54) is 108 Å². The van der Waals surface area contributed by atoms with Crippen LogP contribution in [-0.4, -0.2) is 34.1 Å². The average Bonchev–Trinajstić information content (AvgIpc) is 1.54. The second-order valence-corrected chi connectivity index (χ2v) is 32.8. The second-order valence-electron chi connectivity index (χ2n) is 32.8. The Kier molecular flexibility index (Phi) is 16.3. The van der Waals surface area contributed by atoms with Gasteiger partial charge in [-0.3, -0.25) is 0 Å². The summed E-state index contributed by atoms with van der Waals surface area (Å²) in [6.07, 6.45) is 0. The fourth-order valence-electron chi connectivity index (χ4n) is 19.7. The molecule has 0 bridgehead atoms. The Bertz CT molecular complexity index is 8150. The van der Waals surface area contributed by atoms with Crippen molar-refractivity contribution >= 4 is 141 Å². The Morgan fingerprint density at radius 1 is 0.167 bits per heavy atom. The van der Waals surface area contributed by atoms with Crippen molar-refractivity contribution in [3.05, 3.63) is 429 Å². The Morgan fingerprint density at radius 2 is 0.389 bits per heavy atom. The molecule has 0 fully saturated rings. The maximum atomic E-state index is 7.81. The molecule has 580 valence electrons. The van der Waals surface area contributed by atoms with Crippen LogP contribution in [-0.2, 0) is 0 Å². The Morgan fingerprint density at radius 3 is 0.675 bits per heavy atom. The van der Waals surface area contributed by atoms with Crippen LogP contribution in [0.25, 0.3) is 263 Å². The molecular formula is C117H67N9. The summed E-state index contributed by atoms with van der Waals surface area (Å²) in [7, 11) is 0. The molecule has 22 aromatic carbocycles. The number of benzene rings is 22. The van der Waals surface area contributed by atoms with Gasteiger partial charge in [-0.25, -0.2) is 34.6 Å². The minimum absolute atomic E-state index is 0.647. The van der Waals surface area contributed by atoms with Crippen LogP contribution in [0.2, 0.25) is 0 Å². The van der Waals surface area contributed by atoms with E-state index in [1.54, 1.807) is 0 Å². The van der Waals surface area contributed by atoms with Crippen LogP contribution in [0.3, 0.4) is 0 Å². The Balaban J connectivity index is 0.000000137. The first-order chi connectivity index (χ1) is 62.3. The summed E-state index contributed by atoms with van der Waals surface area (Å²) < 4.78 is 4.64. The van der Waals surface area contributed by atoms with Crippen LogP contribution in [0, 0.1) is 13.1 Å². The number of nitrogens with zero attached hydrogens (tertiary/aromatic N) is 9. The van der Waals surface area contributed by atoms with Crippen LogP contribution in [0.15, 0.2) is 406 Å². The predicted molar refractivity (Wildman–Crippen MR) is 522 cm³/mol. The van der Waals surface area contributed by atoms with Gasteiger partial charge in [0.1, 0.15) is 0 Å². The molecule has 126 heavy (non-hydrogen) atoms. The highest BCUT2D eigenvalue weighted by atomic mass is 15.0. The van der Waals surface area contributed by atoms with E-state index in [-0.39, 0.29) is 0 Å². The van der Waals surface area contributed by atoms with Gasteiger partial charge in [-0.15, -0.1) is 0 Å². The largest absolute Gasteiger partial charge is 0.310 e. The van der Waals surface area contributed by atoms with Gasteiger partial charge in [-0.05, 0) is 258 Å². The smallest absolute Gasteiger partial charge is 0.189 e. The number of hydrogen-bond donors (Lipinski definition) is 0. The van der Waals surface area contributed by atoms with Gasteiger partial charge in [-0.2, -0.15) is 0 Å². The molecule has 0 amide bonds. The molecule has 0 spiro atoms. The highest BCUT2D eigenvalue weighted by Crippen LogP contribution is 2.49. The summed E-state index contributed by atoms with van der Waals surface area (Å²) in [5.41, 5.74) is 25.0. The Hall–Kier alpha value is -17.4. The van der Waals surface area contributed by atoms with Crippen molar-refractivity contribution in [2.24, 2.45) is 0 Å². The molecule has 0 aliphatic rings. The van der Waals surface area contributed by atoms with Crippen LogP contribution >= 0.6 is 0 Å². The van der Waals surface area contributed by atoms with Gasteiger partial charge in [0.15, 0.2) is 34.7 Å². The first-order valence-corrected chi connectivity index (χ1v) is 42.4. The number of para-hydroxylation sites is 2. The van der Waals surface area contributed by atoms with E-state index >= 15 is 0 Å². The van der Waals surface area contributed by atoms with E-state index in [4.69, 9.17) is 38.1 Å². The zero-order chi connectivity index (χ0) is 83.2. The summed E-state index contributed by atoms with van der Waals surface area (Å²) in [6.45, 7) is 15.6. The molecule has 0 atom stereocenters. The third-order valence-electron chi connectivity index (χ3n) is 25.4. The van der Waals surface area contributed by atoms with Crippen molar-refractivity contribution in [3.8, 4) is 124 Å². The number of hydrogen-bond acceptors (Lipinski definition) is 5. The molecule has 0 N–H and O–H groups in total. The lowest BCUT2D eigenvalue weighted by Crippen LogP contribution is -2.00. The second kappa shape index (κ2) is 28.7. The molecule has 9 nitrogen and oxygen atoms in total. The van der Waals surface area contributed by atoms with E-state index < -0.39 is 0 Å². The topological polar surface area (TPSA) is 83.0 Å². The predicted octanol–water partition coefficient (Wildman–Crippen LogP) is 31.3. The minimum Gasteiger partial charge on any atom is -0.310 e. The van der Waals surface area contributed by atoms with Crippen molar-refractivity contribution < 1.29 is 0 Å². The maximum absolute atomic E-state index is 7.81. The number of aromatic nitrogens is 7. The van der Waals surface area contributed by atoms with Gasteiger partial charge in [-0.1, -0.05) is 279 Å².